The van der Waals surface area contributed by atoms with Gasteiger partial charge in [0.2, 0.25) is 0 Å². The molecule has 1 unspecified atom stereocenters. The zero-order valence-corrected chi connectivity index (χ0v) is 11.9. The second-order valence-electron chi connectivity index (χ2n) is 5.09. The molecule has 0 aliphatic rings. The zero-order chi connectivity index (χ0) is 13.8. The summed E-state index contributed by atoms with van der Waals surface area (Å²) in [4.78, 5) is 4.28. The average Bonchev–Trinajstić information content (AvgIpc) is 2.81. The van der Waals surface area contributed by atoms with Crippen LogP contribution in [0.2, 0.25) is 0 Å². The summed E-state index contributed by atoms with van der Waals surface area (Å²) in [5, 5.41) is 4.18. The molecule has 0 aliphatic carbocycles. The summed E-state index contributed by atoms with van der Waals surface area (Å²) in [6.07, 6.45) is 3.24. The summed E-state index contributed by atoms with van der Waals surface area (Å²) in [6.45, 7) is 7.15. The molecule has 0 radical (unpaired) electrons. The molecule has 0 amide bonds. The van der Waals surface area contributed by atoms with Gasteiger partial charge < -0.3 is 5.73 Å². The molecular weight excluding hydrogens is 236 g/mol. The molecule has 0 spiro atoms. The van der Waals surface area contributed by atoms with Gasteiger partial charge in [-0.05, 0) is 38.3 Å². The van der Waals surface area contributed by atoms with E-state index in [1.54, 1.807) is 6.33 Å². The number of rotatable bonds is 5. The number of benzene rings is 1. The number of hydrogen-bond donors (Lipinski definition) is 1. The maximum atomic E-state index is 6.26. The van der Waals surface area contributed by atoms with E-state index >= 15 is 0 Å². The fraction of sp³-hybridized carbons (Fsp3) is 0.467. The molecule has 19 heavy (non-hydrogen) atoms. The molecule has 4 nitrogen and oxygen atoms in total. The molecule has 1 atom stereocenters. The first-order chi connectivity index (χ1) is 9.10. The van der Waals surface area contributed by atoms with Gasteiger partial charge in [-0.25, -0.2) is 4.98 Å². The van der Waals surface area contributed by atoms with Crippen molar-refractivity contribution in [2.75, 3.05) is 0 Å². The molecule has 2 rings (SSSR count). The van der Waals surface area contributed by atoms with Crippen LogP contribution in [-0.4, -0.2) is 20.8 Å². The van der Waals surface area contributed by atoms with E-state index in [9.17, 15) is 0 Å². The van der Waals surface area contributed by atoms with Crippen LogP contribution in [0.4, 0.5) is 0 Å². The highest BCUT2D eigenvalue weighted by Crippen LogP contribution is 2.13. The third kappa shape index (κ3) is 3.41. The van der Waals surface area contributed by atoms with Crippen molar-refractivity contribution in [1.29, 1.82) is 0 Å². The molecular formula is C15H22N4. The van der Waals surface area contributed by atoms with Crippen LogP contribution in [0.5, 0.6) is 0 Å². The van der Waals surface area contributed by atoms with Gasteiger partial charge in [0.1, 0.15) is 12.2 Å². The van der Waals surface area contributed by atoms with E-state index in [0.717, 1.165) is 25.2 Å². The van der Waals surface area contributed by atoms with Gasteiger partial charge in [0, 0.05) is 19.0 Å². The fourth-order valence-electron chi connectivity index (χ4n) is 2.32. The van der Waals surface area contributed by atoms with Crippen molar-refractivity contribution in [1.82, 2.24) is 14.8 Å². The second-order valence-corrected chi connectivity index (χ2v) is 5.09. The minimum absolute atomic E-state index is 0.0787. The van der Waals surface area contributed by atoms with Crippen molar-refractivity contribution in [3.8, 4) is 0 Å². The SMILES string of the molecule is CCn1ncnc1CC(N)Cc1cc(C)ccc1C. The van der Waals surface area contributed by atoms with Crippen LogP contribution in [0.25, 0.3) is 0 Å². The number of aromatic nitrogens is 3. The topological polar surface area (TPSA) is 56.7 Å². The Labute approximate surface area is 114 Å². The highest BCUT2D eigenvalue weighted by molar-refractivity contribution is 5.31. The average molecular weight is 258 g/mol. The van der Waals surface area contributed by atoms with Crippen LogP contribution in [0, 0.1) is 13.8 Å². The van der Waals surface area contributed by atoms with E-state index in [0.29, 0.717) is 0 Å². The first kappa shape index (κ1) is 13.7. The molecule has 1 heterocycles. The minimum Gasteiger partial charge on any atom is -0.327 e. The van der Waals surface area contributed by atoms with E-state index < -0.39 is 0 Å². The van der Waals surface area contributed by atoms with Crippen LogP contribution in [0.15, 0.2) is 24.5 Å². The first-order valence-electron chi connectivity index (χ1n) is 6.78. The van der Waals surface area contributed by atoms with Crippen LogP contribution >= 0.6 is 0 Å². The van der Waals surface area contributed by atoms with Gasteiger partial charge in [-0.2, -0.15) is 5.10 Å². The van der Waals surface area contributed by atoms with Crippen LogP contribution in [-0.2, 0) is 19.4 Å². The molecule has 0 aliphatic heterocycles. The van der Waals surface area contributed by atoms with E-state index in [4.69, 9.17) is 5.73 Å². The Bertz CT molecular complexity index is 545. The Hall–Kier alpha value is -1.68. The largest absolute Gasteiger partial charge is 0.327 e. The smallest absolute Gasteiger partial charge is 0.138 e. The molecule has 4 heteroatoms. The molecule has 1 aromatic heterocycles. The van der Waals surface area contributed by atoms with Gasteiger partial charge in [-0.15, -0.1) is 0 Å². The predicted octanol–water partition coefficient (Wildman–Crippen LogP) is 2.03. The van der Waals surface area contributed by atoms with Crippen molar-refractivity contribution < 1.29 is 0 Å². The molecule has 0 fully saturated rings. The molecule has 0 bridgehead atoms. The van der Waals surface area contributed by atoms with Crippen LogP contribution in [0.3, 0.4) is 0 Å². The lowest BCUT2D eigenvalue weighted by molar-refractivity contribution is 0.567. The Morgan fingerprint density at radius 1 is 1.26 bits per heavy atom. The van der Waals surface area contributed by atoms with E-state index in [2.05, 4.69) is 49.1 Å². The highest BCUT2D eigenvalue weighted by Gasteiger charge is 2.11. The lowest BCUT2D eigenvalue weighted by Crippen LogP contribution is -2.27. The Kier molecular flexibility index (Phi) is 4.32. The third-order valence-electron chi connectivity index (χ3n) is 3.43. The normalized spacial score (nSPS) is 12.6. The van der Waals surface area contributed by atoms with E-state index in [1.807, 2.05) is 4.68 Å². The lowest BCUT2D eigenvalue weighted by atomic mass is 9.98. The number of nitrogens with zero attached hydrogens (tertiary/aromatic N) is 3. The molecule has 2 aromatic rings. The van der Waals surface area contributed by atoms with E-state index in [1.165, 1.54) is 16.7 Å². The van der Waals surface area contributed by atoms with Crippen LogP contribution < -0.4 is 5.73 Å². The van der Waals surface area contributed by atoms with Crippen molar-refractivity contribution in [2.24, 2.45) is 5.73 Å². The van der Waals surface area contributed by atoms with Gasteiger partial charge in [0.05, 0.1) is 0 Å². The number of nitrogens with two attached hydrogens (primary N) is 1. The molecule has 1 aromatic carbocycles. The van der Waals surface area contributed by atoms with Gasteiger partial charge in [0.15, 0.2) is 0 Å². The second kappa shape index (κ2) is 5.97. The Balaban J connectivity index is 2.05. The monoisotopic (exact) mass is 258 g/mol. The lowest BCUT2D eigenvalue weighted by Gasteiger charge is -2.14. The van der Waals surface area contributed by atoms with Gasteiger partial charge in [0.25, 0.3) is 0 Å². The van der Waals surface area contributed by atoms with E-state index in [-0.39, 0.29) is 6.04 Å². The molecule has 0 saturated carbocycles. The van der Waals surface area contributed by atoms with Crippen molar-refractivity contribution >= 4 is 0 Å². The Morgan fingerprint density at radius 3 is 2.79 bits per heavy atom. The maximum Gasteiger partial charge on any atom is 0.138 e. The van der Waals surface area contributed by atoms with Gasteiger partial charge in [-0.3, -0.25) is 4.68 Å². The van der Waals surface area contributed by atoms with Crippen molar-refractivity contribution in [3.05, 3.63) is 47.0 Å². The molecule has 0 saturated heterocycles. The minimum atomic E-state index is 0.0787. The van der Waals surface area contributed by atoms with Crippen molar-refractivity contribution in [3.63, 3.8) is 0 Å². The third-order valence-corrected chi connectivity index (χ3v) is 3.43. The maximum absolute atomic E-state index is 6.26. The summed E-state index contributed by atoms with van der Waals surface area (Å²) >= 11 is 0. The van der Waals surface area contributed by atoms with Crippen molar-refractivity contribution in [2.45, 2.75) is 46.2 Å². The summed E-state index contributed by atoms with van der Waals surface area (Å²) < 4.78 is 1.91. The number of aryl methyl sites for hydroxylation is 3. The summed E-state index contributed by atoms with van der Waals surface area (Å²) in [6, 6.07) is 6.60. The fourth-order valence-corrected chi connectivity index (χ4v) is 2.32. The zero-order valence-electron chi connectivity index (χ0n) is 11.9. The standard InChI is InChI=1S/C15H22N4/c1-4-19-15(17-10-18-19)9-14(16)8-13-7-11(2)5-6-12(13)3/h5-7,10,14H,4,8-9,16H2,1-3H3. The molecule has 102 valence electrons. The highest BCUT2D eigenvalue weighted by atomic mass is 15.3. The quantitative estimate of drug-likeness (QED) is 0.892. The predicted molar refractivity (Wildman–Crippen MR) is 77.0 cm³/mol. The first-order valence-corrected chi connectivity index (χ1v) is 6.78. The molecule has 2 N–H and O–H groups in total. The summed E-state index contributed by atoms with van der Waals surface area (Å²) in [7, 11) is 0. The van der Waals surface area contributed by atoms with Gasteiger partial charge in [-0.1, -0.05) is 23.8 Å². The Morgan fingerprint density at radius 2 is 2.05 bits per heavy atom. The summed E-state index contributed by atoms with van der Waals surface area (Å²) in [5.74, 6) is 0.973. The van der Waals surface area contributed by atoms with Gasteiger partial charge >= 0.3 is 0 Å². The van der Waals surface area contributed by atoms with Crippen LogP contribution in [0.1, 0.15) is 29.4 Å². The summed E-state index contributed by atoms with van der Waals surface area (Å²) in [5.41, 5.74) is 10.2. The number of hydrogen-bond acceptors (Lipinski definition) is 3.